The first kappa shape index (κ1) is 22.9. The van der Waals surface area contributed by atoms with Crippen LogP contribution >= 0.6 is 0 Å². The number of aryl methyl sites for hydroxylation is 1. The molecule has 0 bridgehead atoms. The van der Waals surface area contributed by atoms with E-state index in [-0.39, 0.29) is 5.91 Å². The maximum absolute atomic E-state index is 12.3. The number of aliphatic imine (C=N–C) groups is 1. The summed E-state index contributed by atoms with van der Waals surface area (Å²) in [4.78, 5) is 18.7. The van der Waals surface area contributed by atoms with E-state index in [1.54, 1.807) is 7.05 Å². The number of carbonyl (C=O) groups excluding carboxylic acids is 1. The Labute approximate surface area is 187 Å². The Balaban J connectivity index is 1.27. The highest BCUT2D eigenvalue weighted by Crippen LogP contribution is 2.17. The van der Waals surface area contributed by atoms with E-state index in [1.807, 2.05) is 11.0 Å². The summed E-state index contributed by atoms with van der Waals surface area (Å²) in [6.45, 7) is 3.33. The van der Waals surface area contributed by atoms with Gasteiger partial charge in [0.25, 0.3) is 0 Å². The molecular formula is C26H36N4O. The zero-order valence-electron chi connectivity index (χ0n) is 18.7. The van der Waals surface area contributed by atoms with Crippen molar-refractivity contribution in [1.82, 2.24) is 15.5 Å². The molecule has 0 saturated carbocycles. The van der Waals surface area contributed by atoms with E-state index in [9.17, 15) is 4.79 Å². The molecule has 0 spiro atoms. The molecule has 0 aromatic heterocycles. The molecule has 2 N–H and O–H groups in total. The van der Waals surface area contributed by atoms with Crippen LogP contribution in [0.25, 0.3) is 0 Å². The first-order valence-corrected chi connectivity index (χ1v) is 11.5. The fourth-order valence-corrected chi connectivity index (χ4v) is 4.06. The monoisotopic (exact) mass is 420 g/mol. The number of amides is 1. The number of unbranched alkanes of at least 4 members (excludes halogenated alkanes) is 2. The molecular weight excluding hydrogens is 384 g/mol. The van der Waals surface area contributed by atoms with Gasteiger partial charge in [-0.15, -0.1) is 0 Å². The van der Waals surface area contributed by atoms with Crippen LogP contribution in [0.1, 0.15) is 36.8 Å². The number of nitrogens with one attached hydrogen (secondary N) is 2. The van der Waals surface area contributed by atoms with Gasteiger partial charge in [-0.25, -0.2) is 0 Å². The molecule has 2 aromatic carbocycles. The molecule has 1 unspecified atom stereocenters. The Bertz CT molecular complexity index is 807. The molecule has 5 heteroatoms. The second-order valence-corrected chi connectivity index (χ2v) is 8.32. The topological polar surface area (TPSA) is 56.7 Å². The van der Waals surface area contributed by atoms with Crippen molar-refractivity contribution in [3.8, 4) is 0 Å². The molecule has 1 fully saturated rings. The van der Waals surface area contributed by atoms with E-state index < -0.39 is 0 Å². The summed E-state index contributed by atoms with van der Waals surface area (Å²) in [5.41, 5.74) is 2.70. The number of likely N-dealkylation sites (tertiary alicyclic amines) is 1. The summed E-state index contributed by atoms with van der Waals surface area (Å²) in [7, 11) is 1.80. The van der Waals surface area contributed by atoms with E-state index in [0.717, 1.165) is 51.4 Å². The highest BCUT2D eigenvalue weighted by atomic mass is 16.2. The van der Waals surface area contributed by atoms with Gasteiger partial charge in [-0.2, -0.15) is 0 Å². The third-order valence-electron chi connectivity index (χ3n) is 5.87. The third kappa shape index (κ3) is 8.08. The number of hydrogen-bond donors (Lipinski definition) is 2. The summed E-state index contributed by atoms with van der Waals surface area (Å²) < 4.78 is 0. The van der Waals surface area contributed by atoms with Gasteiger partial charge in [-0.3, -0.25) is 9.79 Å². The Kier molecular flexibility index (Phi) is 9.42. The van der Waals surface area contributed by atoms with Gasteiger partial charge in [0.1, 0.15) is 0 Å². The fraction of sp³-hybridized carbons (Fsp3) is 0.462. The highest BCUT2D eigenvalue weighted by molar-refractivity contribution is 5.80. The lowest BCUT2D eigenvalue weighted by Crippen LogP contribution is -2.40. The van der Waals surface area contributed by atoms with Gasteiger partial charge in [0.05, 0.1) is 0 Å². The van der Waals surface area contributed by atoms with Crippen LogP contribution in [0.4, 0.5) is 0 Å². The second kappa shape index (κ2) is 12.8. The zero-order chi connectivity index (χ0) is 21.7. The highest BCUT2D eigenvalue weighted by Gasteiger charge is 2.29. The first-order valence-electron chi connectivity index (χ1n) is 11.5. The number of carbonyl (C=O) groups is 1. The number of guanidine groups is 1. The molecule has 1 heterocycles. The molecule has 1 amide bonds. The normalized spacial score (nSPS) is 16.5. The smallest absolute Gasteiger partial charge is 0.223 e. The molecule has 166 valence electrons. The van der Waals surface area contributed by atoms with Crippen LogP contribution in [-0.2, 0) is 17.6 Å². The van der Waals surface area contributed by atoms with E-state index in [4.69, 9.17) is 0 Å². The summed E-state index contributed by atoms with van der Waals surface area (Å²) in [5.74, 6) is 1.44. The SMILES string of the molecule is CN=C(NCCCCCc1ccccc1)NCC1CC(=O)N(CCc2ccccc2)C1. The molecule has 0 aliphatic carbocycles. The minimum atomic E-state index is 0.268. The minimum Gasteiger partial charge on any atom is -0.356 e. The Morgan fingerprint density at radius 2 is 1.61 bits per heavy atom. The van der Waals surface area contributed by atoms with Crippen LogP contribution in [0.15, 0.2) is 65.7 Å². The van der Waals surface area contributed by atoms with Crippen LogP contribution in [-0.4, -0.2) is 50.0 Å². The van der Waals surface area contributed by atoms with E-state index in [2.05, 4.69) is 70.2 Å². The van der Waals surface area contributed by atoms with Crippen molar-refractivity contribution in [2.24, 2.45) is 10.9 Å². The standard InChI is InChI=1S/C26H36N4O/c1-27-26(28-17-10-4-9-13-22-11-5-2-6-12-22)29-20-24-19-25(31)30(21-24)18-16-23-14-7-3-8-15-23/h2-3,5-8,11-12,14-15,24H,4,9-10,13,16-21H2,1H3,(H2,27,28,29). The van der Waals surface area contributed by atoms with Gasteiger partial charge < -0.3 is 15.5 Å². The van der Waals surface area contributed by atoms with E-state index >= 15 is 0 Å². The maximum Gasteiger partial charge on any atom is 0.223 e. The van der Waals surface area contributed by atoms with Crippen molar-refractivity contribution >= 4 is 11.9 Å². The van der Waals surface area contributed by atoms with Crippen molar-refractivity contribution in [3.05, 3.63) is 71.8 Å². The number of hydrogen-bond acceptors (Lipinski definition) is 2. The quantitative estimate of drug-likeness (QED) is 0.331. The van der Waals surface area contributed by atoms with Crippen LogP contribution in [0.3, 0.4) is 0 Å². The lowest BCUT2D eigenvalue weighted by Gasteiger charge is -2.18. The summed E-state index contributed by atoms with van der Waals surface area (Å²) >= 11 is 0. The Hall–Kier alpha value is -2.82. The molecule has 5 nitrogen and oxygen atoms in total. The largest absolute Gasteiger partial charge is 0.356 e. The number of nitrogens with zero attached hydrogens (tertiary/aromatic N) is 2. The fourth-order valence-electron chi connectivity index (χ4n) is 4.06. The number of rotatable bonds is 11. The van der Waals surface area contributed by atoms with Crippen molar-refractivity contribution in [3.63, 3.8) is 0 Å². The minimum absolute atomic E-state index is 0.268. The van der Waals surface area contributed by atoms with E-state index in [0.29, 0.717) is 12.3 Å². The molecule has 31 heavy (non-hydrogen) atoms. The van der Waals surface area contributed by atoms with E-state index in [1.165, 1.54) is 24.0 Å². The summed E-state index contributed by atoms with van der Waals surface area (Å²) in [6.07, 6.45) is 6.22. The average molecular weight is 421 g/mol. The van der Waals surface area contributed by atoms with Crippen LogP contribution < -0.4 is 10.6 Å². The predicted molar refractivity (Wildman–Crippen MR) is 128 cm³/mol. The lowest BCUT2D eigenvalue weighted by atomic mass is 10.1. The van der Waals surface area contributed by atoms with Gasteiger partial charge in [0, 0.05) is 45.6 Å². The molecule has 1 saturated heterocycles. The van der Waals surface area contributed by atoms with Gasteiger partial charge in [-0.1, -0.05) is 67.1 Å². The van der Waals surface area contributed by atoms with Crippen LogP contribution in [0, 0.1) is 5.92 Å². The van der Waals surface area contributed by atoms with Crippen molar-refractivity contribution in [2.45, 2.75) is 38.5 Å². The number of benzene rings is 2. The summed E-state index contributed by atoms with van der Waals surface area (Å²) in [5, 5.41) is 6.80. The van der Waals surface area contributed by atoms with Gasteiger partial charge in [-0.05, 0) is 36.8 Å². The molecule has 0 radical (unpaired) electrons. The average Bonchev–Trinajstić information content (AvgIpc) is 3.17. The van der Waals surface area contributed by atoms with Gasteiger partial charge >= 0.3 is 0 Å². The lowest BCUT2D eigenvalue weighted by molar-refractivity contribution is -0.127. The van der Waals surface area contributed by atoms with Crippen molar-refractivity contribution in [1.29, 1.82) is 0 Å². The molecule has 1 atom stereocenters. The second-order valence-electron chi connectivity index (χ2n) is 8.32. The molecule has 3 rings (SSSR count). The van der Waals surface area contributed by atoms with Crippen LogP contribution in [0.2, 0.25) is 0 Å². The first-order chi connectivity index (χ1) is 15.2. The molecule has 2 aromatic rings. The van der Waals surface area contributed by atoms with Crippen LogP contribution in [0.5, 0.6) is 0 Å². The van der Waals surface area contributed by atoms with Crippen molar-refractivity contribution in [2.75, 3.05) is 33.2 Å². The zero-order valence-corrected chi connectivity index (χ0v) is 18.7. The Morgan fingerprint density at radius 3 is 2.29 bits per heavy atom. The van der Waals surface area contributed by atoms with Gasteiger partial charge in [0.2, 0.25) is 5.91 Å². The predicted octanol–water partition coefficient (Wildman–Crippen LogP) is 3.66. The molecule has 1 aliphatic rings. The Morgan fingerprint density at radius 1 is 0.935 bits per heavy atom. The maximum atomic E-state index is 12.3. The summed E-state index contributed by atoms with van der Waals surface area (Å²) in [6, 6.07) is 21.0. The third-order valence-corrected chi connectivity index (χ3v) is 5.87. The van der Waals surface area contributed by atoms with Gasteiger partial charge in [0.15, 0.2) is 5.96 Å². The molecule has 1 aliphatic heterocycles. The van der Waals surface area contributed by atoms with Crippen molar-refractivity contribution < 1.29 is 4.79 Å².